The van der Waals surface area contributed by atoms with Gasteiger partial charge in [0.1, 0.15) is 6.04 Å². The zero-order valence-electron chi connectivity index (χ0n) is 18.7. The Morgan fingerprint density at radius 1 is 1.00 bits per heavy atom. The maximum Gasteiger partial charge on any atom is 0.242 e. The van der Waals surface area contributed by atoms with Crippen LogP contribution < -0.4 is 5.32 Å². The third-order valence-electron chi connectivity index (χ3n) is 5.64. The zero-order chi connectivity index (χ0) is 22.2. The Morgan fingerprint density at radius 2 is 1.74 bits per heavy atom. The molecule has 0 aromatic heterocycles. The second-order valence-corrected chi connectivity index (χ2v) is 8.12. The minimum atomic E-state index is -0.521. The molecule has 31 heavy (non-hydrogen) atoms. The summed E-state index contributed by atoms with van der Waals surface area (Å²) in [5.41, 5.74) is 3.34. The minimum Gasteiger partial charge on any atom is -0.354 e. The first-order valence-electron chi connectivity index (χ1n) is 11.1. The van der Waals surface area contributed by atoms with Crippen LogP contribution in [-0.2, 0) is 22.6 Å². The van der Waals surface area contributed by atoms with E-state index < -0.39 is 6.04 Å². The highest BCUT2D eigenvalue weighted by atomic mass is 16.2. The van der Waals surface area contributed by atoms with Crippen molar-refractivity contribution in [2.75, 3.05) is 6.54 Å². The van der Waals surface area contributed by atoms with Crippen molar-refractivity contribution in [2.45, 2.75) is 52.6 Å². The molecule has 0 spiro atoms. The minimum absolute atomic E-state index is 0.00594. The molecule has 0 aliphatic carbocycles. The summed E-state index contributed by atoms with van der Waals surface area (Å²) in [6.07, 6.45) is 1.88. The first kappa shape index (κ1) is 22.5. The lowest BCUT2D eigenvalue weighted by molar-refractivity contribution is -0.140. The first-order valence-corrected chi connectivity index (χ1v) is 11.1. The number of carbonyl (C=O) groups is 2. The highest BCUT2D eigenvalue weighted by Crippen LogP contribution is 2.21. The maximum absolute atomic E-state index is 13.3. The fourth-order valence-electron chi connectivity index (χ4n) is 3.88. The summed E-state index contributed by atoms with van der Waals surface area (Å²) >= 11 is 0. The van der Waals surface area contributed by atoms with Gasteiger partial charge >= 0.3 is 0 Å². The van der Waals surface area contributed by atoms with E-state index in [1.54, 1.807) is 4.90 Å². The Morgan fingerprint density at radius 3 is 2.52 bits per heavy atom. The van der Waals surface area contributed by atoms with Gasteiger partial charge in [-0.3, -0.25) is 9.59 Å². The van der Waals surface area contributed by atoms with Crippen molar-refractivity contribution in [1.29, 1.82) is 0 Å². The van der Waals surface area contributed by atoms with E-state index in [2.05, 4.69) is 35.6 Å². The van der Waals surface area contributed by atoms with Gasteiger partial charge < -0.3 is 10.2 Å². The van der Waals surface area contributed by atoms with Crippen molar-refractivity contribution >= 4 is 22.6 Å². The average Bonchev–Trinajstić information content (AvgIpc) is 2.79. The van der Waals surface area contributed by atoms with Crippen LogP contribution >= 0.6 is 0 Å². The Balaban J connectivity index is 1.78. The molecular formula is C27H32N2O2. The Bertz CT molecular complexity index is 1040. The molecule has 3 aromatic rings. The summed E-state index contributed by atoms with van der Waals surface area (Å²) in [6, 6.07) is 22.0. The predicted octanol–water partition coefficient (Wildman–Crippen LogP) is 5.02. The van der Waals surface area contributed by atoms with E-state index in [9.17, 15) is 9.59 Å². The van der Waals surface area contributed by atoms with E-state index in [-0.39, 0.29) is 11.8 Å². The topological polar surface area (TPSA) is 49.4 Å². The molecule has 0 saturated heterocycles. The summed E-state index contributed by atoms with van der Waals surface area (Å²) in [6.45, 7) is 6.91. The summed E-state index contributed by atoms with van der Waals surface area (Å²) in [5.74, 6) is -0.110. The largest absolute Gasteiger partial charge is 0.354 e. The number of amides is 2. The van der Waals surface area contributed by atoms with E-state index in [4.69, 9.17) is 0 Å². The van der Waals surface area contributed by atoms with Crippen LogP contribution in [0.2, 0.25) is 0 Å². The van der Waals surface area contributed by atoms with Crippen LogP contribution in [0.3, 0.4) is 0 Å². The number of hydrogen-bond acceptors (Lipinski definition) is 2. The van der Waals surface area contributed by atoms with Gasteiger partial charge in [0.25, 0.3) is 0 Å². The first-order chi connectivity index (χ1) is 15.0. The van der Waals surface area contributed by atoms with Crippen molar-refractivity contribution in [3.63, 3.8) is 0 Å². The smallest absolute Gasteiger partial charge is 0.242 e. The van der Waals surface area contributed by atoms with E-state index in [1.165, 1.54) is 10.8 Å². The van der Waals surface area contributed by atoms with Gasteiger partial charge in [0.2, 0.25) is 11.8 Å². The zero-order valence-corrected chi connectivity index (χ0v) is 18.7. The van der Waals surface area contributed by atoms with E-state index in [0.29, 0.717) is 25.9 Å². The van der Waals surface area contributed by atoms with E-state index >= 15 is 0 Å². The molecule has 3 aromatic carbocycles. The number of carbonyl (C=O) groups excluding carboxylic acids is 2. The van der Waals surface area contributed by atoms with Gasteiger partial charge in [-0.05, 0) is 48.6 Å². The third-order valence-corrected chi connectivity index (χ3v) is 5.64. The fourth-order valence-corrected chi connectivity index (χ4v) is 3.88. The lowest BCUT2D eigenvalue weighted by atomic mass is 10.0. The van der Waals surface area contributed by atoms with Crippen LogP contribution in [0.1, 0.15) is 43.4 Å². The molecule has 0 heterocycles. The van der Waals surface area contributed by atoms with Crippen LogP contribution in [0.15, 0.2) is 66.7 Å². The lowest BCUT2D eigenvalue weighted by Crippen LogP contribution is -2.47. The number of benzene rings is 3. The van der Waals surface area contributed by atoms with Gasteiger partial charge in [-0.2, -0.15) is 0 Å². The molecule has 2 amide bonds. The number of nitrogens with one attached hydrogen (secondary N) is 1. The normalized spacial score (nSPS) is 11.8. The standard InChI is InChI=1S/C27H32N2O2/c1-4-17-28-27(31)21(3)29(19-22-10-7-9-20(2)18-22)26(30)16-15-24-13-8-12-23-11-5-6-14-25(23)24/h5-14,18,21H,4,15-17,19H2,1-3H3,(H,28,31)/t21-/m1/s1. The molecule has 0 bridgehead atoms. The summed E-state index contributed by atoms with van der Waals surface area (Å²) < 4.78 is 0. The molecule has 1 N–H and O–H groups in total. The van der Waals surface area contributed by atoms with Crippen molar-refractivity contribution < 1.29 is 9.59 Å². The third kappa shape index (κ3) is 5.94. The second-order valence-electron chi connectivity index (χ2n) is 8.12. The fraction of sp³-hybridized carbons (Fsp3) is 0.333. The van der Waals surface area contributed by atoms with Gasteiger partial charge in [-0.15, -0.1) is 0 Å². The quantitative estimate of drug-likeness (QED) is 0.532. The average molecular weight is 417 g/mol. The van der Waals surface area contributed by atoms with Gasteiger partial charge in [0.05, 0.1) is 0 Å². The van der Waals surface area contributed by atoms with Crippen LogP contribution in [0, 0.1) is 6.92 Å². The molecule has 162 valence electrons. The Hall–Kier alpha value is -3.14. The number of rotatable bonds is 9. The number of fused-ring (bicyclic) bond motifs is 1. The molecule has 0 aliphatic rings. The molecule has 0 saturated carbocycles. The molecule has 4 nitrogen and oxygen atoms in total. The summed E-state index contributed by atoms with van der Waals surface area (Å²) in [5, 5.41) is 5.28. The Kier molecular flexibility index (Phi) is 7.82. The van der Waals surface area contributed by atoms with Crippen LogP contribution in [0.4, 0.5) is 0 Å². The van der Waals surface area contributed by atoms with Gasteiger partial charge in [-0.25, -0.2) is 0 Å². The predicted molar refractivity (Wildman–Crippen MR) is 127 cm³/mol. The monoisotopic (exact) mass is 416 g/mol. The van der Waals surface area contributed by atoms with Crippen molar-refractivity contribution in [3.05, 3.63) is 83.4 Å². The molecule has 0 aliphatic heterocycles. The van der Waals surface area contributed by atoms with Gasteiger partial charge in [0.15, 0.2) is 0 Å². The molecule has 3 rings (SSSR count). The SMILES string of the molecule is CCCNC(=O)[C@@H](C)N(Cc1cccc(C)c1)C(=O)CCc1cccc2ccccc12. The highest BCUT2D eigenvalue weighted by molar-refractivity contribution is 5.88. The molecule has 0 fully saturated rings. The Labute approximate surface area is 185 Å². The molecule has 4 heteroatoms. The highest BCUT2D eigenvalue weighted by Gasteiger charge is 2.25. The lowest BCUT2D eigenvalue weighted by Gasteiger charge is -2.29. The molecular weight excluding hydrogens is 384 g/mol. The van der Waals surface area contributed by atoms with Crippen LogP contribution in [-0.4, -0.2) is 29.3 Å². The molecule has 0 unspecified atom stereocenters. The maximum atomic E-state index is 13.3. The summed E-state index contributed by atoms with van der Waals surface area (Å²) in [4.78, 5) is 27.7. The summed E-state index contributed by atoms with van der Waals surface area (Å²) in [7, 11) is 0. The molecule has 0 radical (unpaired) electrons. The number of nitrogens with zero attached hydrogens (tertiary/aromatic N) is 1. The van der Waals surface area contributed by atoms with Gasteiger partial charge in [-0.1, -0.05) is 79.2 Å². The molecule has 1 atom stereocenters. The van der Waals surface area contributed by atoms with Crippen molar-refractivity contribution in [1.82, 2.24) is 10.2 Å². The van der Waals surface area contributed by atoms with Crippen LogP contribution in [0.25, 0.3) is 10.8 Å². The van der Waals surface area contributed by atoms with Gasteiger partial charge in [0, 0.05) is 19.5 Å². The second kappa shape index (κ2) is 10.8. The van der Waals surface area contributed by atoms with Crippen LogP contribution in [0.5, 0.6) is 0 Å². The van der Waals surface area contributed by atoms with E-state index in [1.807, 2.05) is 57.2 Å². The van der Waals surface area contributed by atoms with Crippen molar-refractivity contribution in [3.8, 4) is 0 Å². The van der Waals surface area contributed by atoms with Crippen molar-refractivity contribution in [2.24, 2.45) is 0 Å². The number of hydrogen-bond donors (Lipinski definition) is 1. The van der Waals surface area contributed by atoms with E-state index in [0.717, 1.165) is 23.1 Å². The number of aryl methyl sites for hydroxylation is 2.